The van der Waals surface area contributed by atoms with Gasteiger partial charge in [-0.25, -0.2) is 0 Å². The predicted molar refractivity (Wildman–Crippen MR) is 60.0 cm³/mol. The minimum atomic E-state index is -1.01. The van der Waals surface area contributed by atoms with Crippen molar-refractivity contribution in [2.45, 2.75) is 31.1 Å². The zero-order valence-electron chi connectivity index (χ0n) is 8.99. The number of carbonyl (C=O) groups is 1. The van der Waals surface area contributed by atoms with Crippen molar-refractivity contribution in [3.63, 3.8) is 0 Å². The van der Waals surface area contributed by atoms with E-state index in [2.05, 4.69) is 10.6 Å². The van der Waals surface area contributed by atoms with Gasteiger partial charge in [0.1, 0.15) is 5.25 Å². The Bertz CT molecular complexity index is 275. The summed E-state index contributed by atoms with van der Waals surface area (Å²) in [5, 5.41) is 5.68. The van der Waals surface area contributed by atoms with Crippen LogP contribution in [0.4, 0.5) is 0 Å². The fourth-order valence-electron chi connectivity index (χ4n) is 1.51. The van der Waals surface area contributed by atoms with Gasteiger partial charge in [0.25, 0.3) is 0 Å². The van der Waals surface area contributed by atoms with E-state index in [0.29, 0.717) is 17.7 Å². The first kappa shape index (κ1) is 11.1. The minimum Gasteiger partial charge on any atom is -0.352 e. The van der Waals surface area contributed by atoms with Crippen LogP contribution in [-0.2, 0) is 15.6 Å². The van der Waals surface area contributed by atoms with E-state index in [0.717, 1.165) is 25.9 Å². The van der Waals surface area contributed by atoms with Crippen LogP contribution in [0.1, 0.15) is 19.8 Å². The zero-order valence-corrected chi connectivity index (χ0v) is 9.81. The molecule has 1 aliphatic heterocycles. The maximum atomic E-state index is 11.8. The van der Waals surface area contributed by atoms with Crippen LogP contribution in [0.25, 0.3) is 0 Å². The summed E-state index contributed by atoms with van der Waals surface area (Å²) in [4.78, 5) is 11.6. The summed E-state index contributed by atoms with van der Waals surface area (Å²) < 4.78 is 11.8. The van der Waals surface area contributed by atoms with E-state index in [-0.39, 0.29) is 11.2 Å². The lowest BCUT2D eigenvalue weighted by Crippen LogP contribution is -2.47. The van der Waals surface area contributed by atoms with Gasteiger partial charge in [0.05, 0.1) is 0 Å². The fraction of sp³-hybridized carbons (Fsp3) is 0.900. The Labute approximate surface area is 92.6 Å². The number of nitrogens with one attached hydrogen (secondary N) is 2. The Balaban J connectivity index is 1.74. The second-order valence-corrected chi connectivity index (χ2v) is 6.30. The van der Waals surface area contributed by atoms with E-state index < -0.39 is 10.8 Å². The van der Waals surface area contributed by atoms with Crippen molar-refractivity contribution in [3.8, 4) is 0 Å². The van der Waals surface area contributed by atoms with Crippen molar-refractivity contribution in [1.82, 2.24) is 10.6 Å². The third kappa shape index (κ3) is 3.01. The zero-order chi connectivity index (χ0) is 10.8. The molecule has 2 rings (SSSR count). The molecule has 2 unspecified atom stereocenters. The molecule has 0 aromatic rings. The molecule has 0 aromatic heterocycles. The highest BCUT2D eigenvalue weighted by Gasteiger charge is 2.29. The van der Waals surface area contributed by atoms with Crippen molar-refractivity contribution < 1.29 is 9.00 Å². The second kappa shape index (κ2) is 4.61. The first-order valence-electron chi connectivity index (χ1n) is 5.55. The van der Waals surface area contributed by atoms with E-state index >= 15 is 0 Å². The Morgan fingerprint density at radius 2 is 2.20 bits per heavy atom. The van der Waals surface area contributed by atoms with E-state index in [1.165, 1.54) is 0 Å². The summed E-state index contributed by atoms with van der Waals surface area (Å²) in [6.07, 6.45) is 2.16. The van der Waals surface area contributed by atoms with Crippen LogP contribution in [0.15, 0.2) is 0 Å². The van der Waals surface area contributed by atoms with Crippen LogP contribution in [0.5, 0.6) is 0 Å². The molecular weight excluding hydrogens is 212 g/mol. The Kier molecular flexibility index (Phi) is 3.41. The Morgan fingerprint density at radius 1 is 1.53 bits per heavy atom. The highest BCUT2D eigenvalue weighted by atomic mass is 32.2. The largest absolute Gasteiger partial charge is 0.352 e. The number of hydrogen-bond acceptors (Lipinski definition) is 3. The Hall–Kier alpha value is -0.420. The van der Waals surface area contributed by atoms with Crippen molar-refractivity contribution >= 4 is 16.7 Å². The highest BCUT2D eigenvalue weighted by Crippen LogP contribution is 2.19. The molecule has 15 heavy (non-hydrogen) atoms. The smallest absolute Gasteiger partial charge is 0.235 e. The molecule has 2 N–H and O–H groups in total. The number of hydrogen-bond donors (Lipinski definition) is 2. The molecule has 2 aliphatic rings. The number of carbonyl (C=O) groups excluding carboxylic acids is 1. The topological polar surface area (TPSA) is 58.2 Å². The second-order valence-electron chi connectivity index (χ2n) is 4.50. The molecule has 1 amide bonds. The van der Waals surface area contributed by atoms with Gasteiger partial charge in [-0.05, 0) is 25.7 Å². The van der Waals surface area contributed by atoms with E-state index in [1.807, 2.05) is 0 Å². The maximum Gasteiger partial charge on any atom is 0.235 e. The third-order valence-electron chi connectivity index (χ3n) is 2.95. The fourth-order valence-corrected chi connectivity index (χ4v) is 2.80. The van der Waals surface area contributed by atoms with Gasteiger partial charge in [0.2, 0.25) is 5.91 Å². The lowest BCUT2D eigenvalue weighted by molar-refractivity contribution is -0.120. The Morgan fingerprint density at radius 3 is 2.67 bits per heavy atom. The van der Waals surface area contributed by atoms with E-state index in [9.17, 15) is 9.00 Å². The van der Waals surface area contributed by atoms with Gasteiger partial charge in [-0.1, -0.05) is 0 Å². The van der Waals surface area contributed by atoms with Gasteiger partial charge in [-0.2, -0.15) is 0 Å². The molecule has 0 spiro atoms. The molecule has 1 saturated heterocycles. The molecule has 86 valence electrons. The molecule has 1 heterocycles. The molecular formula is C10H18N2O2S. The summed E-state index contributed by atoms with van der Waals surface area (Å²) >= 11 is 0. The quantitative estimate of drug-likeness (QED) is 0.677. The first-order valence-corrected chi connectivity index (χ1v) is 6.93. The normalized spacial score (nSPS) is 25.4. The molecule has 4 nitrogen and oxygen atoms in total. The SMILES string of the molecule is CC(C(=O)NC1CC1)S(=O)CC1CNC1. The molecule has 0 bridgehead atoms. The molecule has 0 radical (unpaired) electrons. The summed E-state index contributed by atoms with van der Waals surface area (Å²) in [7, 11) is -1.01. The molecule has 5 heteroatoms. The standard InChI is InChI=1S/C10H18N2O2S/c1-7(10(13)12-9-2-3-9)15(14)6-8-4-11-5-8/h7-9,11H,2-6H2,1H3,(H,12,13). The highest BCUT2D eigenvalue weighted by molar-refractivity contribution is 7.86. The monoisotopic (exact) mass is 230 g/mol. The summed E-state index contributed by atoms with van der Waals surface area (Å²) in [6.45, 7) is 3.66. The maximum absolute atomic E-state index is 11.8. The van der Waals surface area contributed by atoms with Crippen LogP contribution in [-0.4, -0.2) is 40.3 Å². The van der Waals surface area contributed by atoms with Crippen LogP contribution in [0.2, 0.25) is 0 Å². The van der Waals surface area contributed by atoms with E-state index in [4.69, 9.17) is 0 Å². The van der Waals surface area contributed by atoms with Crippen LogP contribution in [0.3, 0.4) is 0 Å². The summed E-state index contributed by atoms with van der Waals surface area (Å²) in [5.74, 6) is 1.12. The average Bonchev–Trinajstić information content (AvgIpc) is 2.93. The molecule has 2 fully saturated rings. The van der Waals surface area contributed by atoms with Crippen LogP contribution in [0, 0.1) is 5.92 Å². The first-order chi connectivity index (χ1) is 7.16. The number of amides is 1. The lowest BCUT2D eigenvalue weighted by Gasteiger charge is -2.27. The summed E-state index contributed by atoms with van der Waals surface area (Å²) in [6, 6.07) is 0.363. The van der Waals surface area contributed by atoms with Crippen molar-refractivity contribution in [3.05, 3.63) is 0 Å². The van der Waals surface area contributed by atoms with Gasteiger partial charge in [-0.3, -0.25) is 9.00 Å². The molecule has 2 atom stereocenters. The predicted octanol–water partition coefficient (Wildman–Crippen LogP) is -0.378. The molecule has 1 aliphatic carbocycles. The van der Waals surface area contributed by atoms with E-state index in [1.54, 1.807) is 6.92 Å². The van der Waals surface area contributed by atoms with Gasteiger partial charge < -0.3 is 10.6 Å². The van der Waals surface area contributed by atoms with Crippen LogP contribution < -0.4 is 10.6 Å². The number of rotatable bonds is 5. The molecule has 0 aromatic carbocycles. The lowest BCUT2D eigenvalue weighted by atomic mass is 10.1. The van der Waals surface area contributed by atoms with Crippen molar-refractivity contribution in [2.75, 3.05) is 18.8 Å². The average molecular weight is 230 g/mol. The van der Waals surface area contributed by atoms with Gasteiger partial charge in [0, 0.05) is 35.7 Å². The van der Waals surface area contributed by atoms with Crippen LogP contribution >= 0.6 is 0 Å². The third-order valence-corrected chi connectivity index (χ3v) is 4.76. The summed E-state index contributed by atoms with van der Waals surface area (Å²) in [5.41, 5.74) is 0. The van der Waals surface area contributed by atoms with Gasteiger partial charge in [-0.15, -0.1) is 0 Å². The minimum absolute atomic E-state index is 0.0388. The van der Waals surface area contributed by atoms with Gasteiger partial charge >= 0.3 is 0 Å². The van der Waals surface area contributed by atoms with Gasteiger partial charge in [0.15, 0.2) is 0 Å². The van der Waals surface area contributed by atoms with Crippen molar-refractivity contribution in [1.29, 1.82) is 0 Å². The van der Waals surface area contributed by atoms with Crippen molar-refractivity contribution in [2.24, 2.45) is 5.92 Å². The molecule has 1 saturated carbocycles.